The third kappa shape index (κ3) is 4.69. The third-order valence-corrected chi connectivity index (χ3v) is 3.42. The summed E-state index contributed by atoms with van der Waals surface area (Å²) in [6.45, 7) is 8.41. The van der Waals surface area contributed by atoms with Gasteiger partial charge in [0.05, 0.1) is 22.7 Å². The van der Waals surface area contributed by atoms with Crippen molar-refractivity contribution in [3.8, 4) is 11.1 Å². The van der Waals surface area contributed by atoms with Gasteiger partial charge in [-0.3, -0.25) is 9.98 Å². The lowest BCUT2D eigenvalue weighted by molar-refractivity contribution is 0.906. The van der Waals surface area contributed by atoms with Crippen molar-refractivity contribution in [2.24, 2.45) is 21.8 Å². The molecule has 24 heavy (non-hydrogen) atoms. The molecule has 0 saturated heterocycles. The molecule has 2 aromatic rings. The highest BCUT2D eigenvalue weighted by atomic mass is 14.8. The largest absolute Gasteiger partial charge is 0.397 e. The number of benzene rings is 2. The summed E-state index contributed by atoms with van der Waals surface area (Å²) in [7, 11) is 0. The molecule has 4 N–H and O–H groups in total. The lowest BCUT2D eigenvalue weighted by atomic mass is 10.0. The van der Waals surface area contributed by atoms with E-state index < -0.39 is 0 Å². The molecule has 0 aromatic heterocycles. The Balaban J connectivity index is 2.47. The molecule has 0 saturated carbocycles. The van der Waals surface area contributed by atoms with Crippen molar-refractivity contribution in [3.63, 3.8) is 0 Å². The highest BCUT2D eigenvalue weighted by Crippen LogP contribution is 2.34. The predicted molar refractivity (Wildman–Crippen MR) is 107 cm³/mol. The molecule has 4 heteroatoms. The van der Waals surface area contributed by atoms with E-state index in [0.29, 0.717) is 23.2 Å². The van der Waals surface area contributed by atoms with Crippen LogP contribution in [0, 0.1) is 11.8 Å². The smallest absolute Gasteiger partial charge is 0.0888 e. The van der Waals surface area contributed by atoms with E-state index in [1.165, 1.54) is 0 Å². The Hall–Kier alpha value is -2.62. The van der Waals surface area contributed by atoms with Gasteiger partial charge in [-0.25, -0.2) is 0 Å². The monoisotopic (exact) mass is 322 g/mol. The van der Waals surface area contributed by atoms with Crippen molar-refractivity contribution in [1.82, 2.24) is 0 Å². The summed E-state index contributed by atoms with van der Waals surface area (Å²) in [5.41, 5.74) is 16.7. The van der Waals surface area contributed by atoms with E-state index in [2.05, 4.69) is 37.7 Å². The molecule has 0 amide bonds. The fraction of sp³-hybridized carbons (Fsp3) is 0.300. The summed E-state index contributed by atoms with van der Waals surface area (Å²) >= 11 is 0. The standard InChI is InChI=1S/C20H26N4/c1-13(2)11-23-19-8-6-16(10-20(19)24-12-14(3)4)15-5-7-17(21)18(22)9-15/h5-14H,21-22H2,1-4H3. The molecule has 4 nitrogen and oxygen atoms in total. The molecule has 0 spiro atoms. The first-order chi connectivity index (χ1) is 11.4. The zero-order chi connectivity index (χ0) is 17.7. The molecule has 0 aliphatic rings. The molecule has 0 atom stereocenters. The van der Waals surface area contributed by atoms with Crippen molar-refractivity contribution in [1.29, 1.82) is 0 Å². The third-order valence-electron chi connectivity index (χ3n) is 3.42. The van der Waals surface area contributed by atoms with Gasteiger partial charge in [0.2, 0.25) is 0 Å². The highest BCUT2D eigenvalue weighted by molar-refractivity contribution is 5.82. The molecule has 126 valence electrons. The van der Waals surface area contributed by atoms with E-state index in [9.17, 15) is 0 Å². The topological polar surface area (TPSA) is 76.8 Å². The van der Waals surface area contributed by atoms with Gasteiger partial charge >= 0.3 is 0 Å². The molecule has 0 bridgehead atoms. The van der Waals surface area contributed by atoms with Crippen LogP contribution in [-0.2, 0) is 0 Å². The molecular weight excluding hydrogens is 296 g/mol. The summed E-state index contributed by atoms with van der Waals surface area (Å²) in [6, 6.07) is 11.7. The van der Waals surface area contributed by atoms with Crippen LogP contribution in [0.15, 0.2) is 46.4 Å². The van der Waals surface area contributed by atoms with Crippen molar-refractivity contribution < 1.29 is 0 Å². The predicted octanol–water partition coefficient (Wildman–Crippen LogP) is 5.23. The molecule has 0 fully saturated rings. The van der Waals surface area contributed by atoms with Crippen LogP contribution in [0.4, 0.5) is 22.7 Å². The Morgan fingerprint density at radius 2 is 1.25 bits per heavy atom. The van der Waals surface area contributed by atoms with E-state index in [1.807, 2.05) is 48.8 Å². The van der Waals surface area contributed by atoms with Crippen LogP contribution in [0.3, 0.4) is 0 Å². The lowest BCUT2D eigenvalue weighted by Crippen LogP contribution is -1.94. The number of nitrogens with zero attached hydrogens (tertiary/aromatic N) is 2. The Morgan fingerprint density at radius 1 is 0.708 bits per heavy atom. The quantitative estimate of drug-likeness (QED) is 0.583. The van der Waals surface area contributed by atoms with Crippen LogP contribution < -0.4 is 11.5 Å². The van der Waals surface area contributed by atoms with Crippen LogP contribution in [0.25, 0.3) is 11.1 Å². The summed E-state index contributed by atoms with van der Waals surface area (Å²) < 4.78 is 0. The zero-order valence-electron chi connectivity index (χ0n) is 14.8. The zero-order valence-corrected chi connectivity index (χ0v) is 14.8. The fourth-order valence-corrected chi connectivity index (χ4v) is 2.13. The maximum atomic E-state index is 5.93. The summed E-state index contributed by atoms with van der Waals surface area (Å²) in [5, 5.41) is 0. The van der Waals surface area contributed by atoms with Crippen molar-refractivity contribution in [2.75, 3.05) is 11.5 Å². The second kappa shape index (κ2) is 7.77. The van der Waals surface area contributed by atoms with Gasteiger partial charge in [0.25, 0.3) is 0 Å². The minimum atomic E-state index is 0.378. The van der Waals surface area contributed by atoms with Crippen LogP contribution in [0.5, 0.6) is 0 Å². The number of nitrogens with two attached hydrogens (primary N) is 2. The molecule has 0 aliphatic carbocycles. The first-order valence-electron chi connectivity index (χ1n) is 8.24. The van der Waals surface area contributed by atoms with E-state index in [4.69, 9.17) is 11.5 Å². The summed E-state index contributed by atoms with van der Waals surface area (Å²) in [6.07, 6.45) is 3.87. The van der Waals surface area contributed by atoms with Gasteiger partial charge in [-0.1, -0.05) is 39.8 Å². The van der Waals surface area contributed by atoms with Crippen LogP contribution in [-0.4, -0.2) is 12.4 Å². The fourth-order valence-electron chi connectivity index (χ4n) is 2.13. The maximum Gasteiger partial charge on any atom is 0.0888 e. The summed E-state index contributed by atoms with van der Waals surface area (Å²) in [5.74, 6) is 0.770. The second-order valence-corrected chi connectivity index (χ2v) is 6.59. The van der Waals surface area contributed by atoms with Crippen LogP contribution in [0.2, 0.25) is 0 Å². The number of nitrogen functional groups attached to an aromatic ring is 2. The van der Waals surface area contributed by atoms with Gasteiger partial charge in [-0.05, 0) is 47.2 Å². The average molecular weight is 322 g/mol. The van der Waals surface area contributed by atoms with Gasteiger partial charge in [-0.15, -0.1) is 0 Å². The average Bonchev–Trinajstić information content (AvgIpc) is 2.53. The van der Waals surface area contributed by atoms with Crippen LogP contribution in [0.1, 0.15) is 27.7 Å². The minimum Gasteiger partial charge on any atom is -0.397 e. The van der Waals surface area contributed by atoms with E-state index >= 15 is 0 Å². The number of anilines is 2. The Kier molecular flexibility index (Phi) is 5.74. The first kappa shape index (κ1) is 17.7. The second-order valence-electron chi connectivity index (χ2n) is 6.59. The number of aliphatic imine (C=N–C) groups is 2. The van der Waals surface area contributed by atoms with Crippen molar-refractivity contribution in [3.05, 3.63) is 36.4 Å². The van der Waals surface area contributed by atoms with Gasteiger partial charge in [0, 0.05) is 12.4 Å². The Bertz CT molecular complexity index is 758. The molecule has 0 aliphatic heterocycles. The molecule has 2 rings (SSSR count). The molecule has 0 unspecified atom stereocenters. The minimum absolute atomic E-state index is 0.378. The highest BCUT2D eigenvalue weighted by Gasteiger charge is 2.06. The Morgan fingerprint density at radius 3 is 1.83 bits per heavy atom. The molecule has 0 heterocycles. The van der Waals surface area contributed by atoms with Crippen molar-refractivity contribution in [2.45, 2.75) is 27.7 Å². The van der Waals surface area contributed by atoms with E-state index in [1.54, 1.807) is 0 Å². The number of rotatable bonds is 5. The summed E-state index contributed by atoms with van der Waals surface area (Å²) in [4.78, 5) is 9.18. The number of hydrogen-bond donors (Lipinski definition) is 2. The maximum absolute atomic E-state index is 5.93. The molecule has 0 radical (unpaired) electrons. The van der Waals surface area contributed by atoms with Gasteiger partial charge < -0.3 is 11.5 Å². The van der Waals surface area contributed by atoms with Gasteiger partial charge in [0.15, 0.2) is 0 Å². The molecule has 2 aromatic carbocycles. The van der Waals surface area contributed by atoms with Gasteiger partial charge in [0.1, 0.15) is 0 Å². The van der Waals surface area contributed by atoms with Crippen molar-refractivity contribution >= 4 is 35.2 Å². The molecular formula is C20H26N4. The first-order valence-corrected chi connectivity index (χ1v) is 8.24. The van der Waals surface area contributed by atoms with Gasteiger partial charge in [-0.2, -0.15) is 0 Å². The van der Waals surface area contributed by atoms with Crippen LogP contribution >= 0.6 is 0 Å². The lowest BCUT2D eigenvalue weighted by Gasteiger charge is -2.08. The van der Waals surface area contributed by atoms with E-state index in [-0.39, 0.29) is 0 Å². The number of hydrogen-bond acceptors (Lipinski definition) is 4. The van der Waals surface area contributed by atoms with E-state index in [0.717, 1.165) is 22.5 Å². The normalized spacial score (nSPS) is 12.1. The Labute approximate surface area is 144 Å². The SMILES string of the molecule is CC(C)C=Nc1ccc(-c2ccc(N)c(N)c2)cc1N=CC(C)C.